The Bertz CT molecular complexity index is 2770. The highest BCUT2D eigenvalue weighted by atomic mass is 35.5. The standard InChI is InChI=1S/C53H65ClFN9O9S/c1-35-36(2)74-53-48(35)50(38-11-6-5-7-12-38)62(4)45(51-60-59-37(3)64(51)53)33-47(66)57-17-19-68-21-23-70-25-27-72-29-30-73-28-26-71-24-22-69-20-18-63-34-42(49(61-63)41-15-8-9-16-43(41)55)52(67)58-44(32-46(56)65)39-13-10-14-40(54)31-39/h5-16,31,34,44-45,50H,17-30,32-33H2,1-4H3,(H2,56,65)(H,57,66)(H,58,67)/t44-,45-,50?/m0/s1. The van der Waals surface area contributed by atoms with E-state index in [2.05, 4.69) is 80.6 Å². The highest BCUT2D eigenvalue weighted by molar-refractivity contribution is 7.14. The maximum Gasteiger partial charge on any atom is 0.255 e. The summed E-state index contributed by atoms with van der Waals surface area (Å²) in [6.07, 6.45) is 1.56. The number of nitrogens with two attached hydrogens (primary N) is 1. The molecule has 0 spiro atoms. The van der Waals surface area contributed by atoms with E-state index in [-0.39, 0.29) is 60.8 Å². The first-order chi connectivity index (χ1) is 35.9. The molecule has 3 atom stereocenters. The maximum absolute atomic E-state index is 14.9. The molecule has 6 aromatic rings. The minimum Gasteiger partial charge on any atom is -0.377 e. The van der Waals surface area contributed by atoms with E-state index in [4.69, 9.17) is 45.8 Å². The first kappa shape index (κ1) is 55.8. The summed E-state index contributed by atoms with van der Waals surface area (Å²) >= 11 is 7.91. The summed E-state index contributed by atoms with van der Waals surface area (Å²) in [6, 6.07) is 22.1. The zero-order valence-corrected chi connectivity index (χ0v) is 43.8. The summed E-state index contributed by atoms with van der Waals surface area (Å²) in [5, 5.41) is 21.0. The minimum atomic E-state index is -0.771. The zero-order valence-electron chi connectivity index (χ0n) is 42.2. The Morgan fingerprint density at radius 2 is 1.42 bits per heavy atom. The number of hydrogen-bond donors (Lipinski definition) is 3. The topological polar surface area (TPSA) is 208 Å². The molecule has 0 saturated carbocycles. The molecule has 0 radical (unpaired) electrons. The lowest BCUT2D eigenvalue weighted by Gasteiger charge is -2.33. The molecule has 1 aliphatic heterocycles. The molecule has 0 fully saturated rings. The van der Waals surface area contributed by atoms with E-state index in [0.717, 1.165) is 22.2 Å². The van der Waals surface area contributed by atoms with Crippen LogP contribution in [0.1, 0.15) is 80.1 Å². The van der Waals surface area contributed by atoms with Crippen molar-refractivity contribution in [2.75, 3.05) is 92.9 Å². The molecule has 396 valence electrons. The predicted octanol–water partition coefficient (Wildman–Crippen LogP) is 6.64. The Kier molecular flexibility index (Phi) is 21.2. The Balaban J connectivity index is 0.706. The second kappa shape index (κ2) is 28.1. The molecule has 0 aliphatic carbocycles. The van der Waals surface area contributed by atoms with E-state index in [1.165, 1.54) is 32.9 Å². The fourth-order valence-electron chi connectivity index (χ4n) is 8.64. The Labute approximate surface area is 439 Å². The Morgan fingerprint density at radius 3 is 2.05 bits per heavy atom. The van der Waals surface area contributed by atoms with Crippen LogP contribution in [-0.2, 0) is 44.6 Å². The van der Waals surface area contributed by atoms with Crippen molar-refractivity contribution >= 4 is 40.7 Å². The van der Waals surface area contributed by atoms with Gasteiger partial charge in [-0.1, -0.05) is 66.2 Å². The van der Waals surface area contributed by atoms with Crippen molar-refractivity contribution in [1.82, 2.24) is 40.1 Å². The van der Waals surface area contributed by atoms with E-state index in [0.29, 0.717) is 89.8 Å². The first-order valence-corrected chi connectivity index (χ1v) is 25.8. The number of rotatable bonds is 30. The number of carbonyl (C=O) groups is 3. The molecule has 21 heteroatoms. The van der Waals surface area contributed by atoms with Gasteiger partial charge >= 0.3 is 0 Å². The minimum absolute atomic E-state index is 0.0627. The smallest absolute Gasteiger partial charge is 0.255 e. The van der Waals surface area contributed by atoms with Gasteiger partial charge in [0.25, 0.3) is 5.91 Å². The number of fused-ring (bicyclic) bond motifs is 3. The number of nitrogens with one attached hydrogen (secondary N) is 2. The molecule has 7 rings (SSSR count). The average Bonchev–Trinajstić information content (AvgIpc) is 4.06. The van der Waals surface area contributed by atoms with Gasteiger partial charge in [-0.3, -0.25) is 28.5 Å². The van der Waals surface area contributed by atoms with Crippen LogP contribution in [0.3, 0.4) is 0 Å². The predicted molar refractivity (Wildman–Crippen MR) is 278 cm³/mol. The molecule has 74 heavy (non-hydrogen) atoms. The van der Waals surface area contributed by atoms with E-state index in [1.807, 2.05) is 13.0 Å². The third-order valence-electron chi connectivity index (χ3n) is 12.4. The third kappa shape index (κ3) is 15.1. The van der Waals surface area contributed by atoms with Crippen LogP contribution in [-0.4, -0.2) is 140 Å². The van der Waals surface area contributed by atoms with Gasteiger partial charge in [0.2, 0.25) is 11.8 Å². The van der Waals surface area contributed by atoms with Gasteiger partial charge in [0.1, 0.15) is 22.3 Å². The molecule has 3 aromatic heterocycles. The monoisotopic (exact) mass is 1060 g/mol. The number of thiophene rings is 1. The van der Waals surface area contributed by atoms with Crippen LogP contribution < -0.4 is 16.4 Å². The van der Waals surface area contributed by atoms with Crippen molar-refractivity contribution in [3.05, 3.63) is 140 Å². The maximum atomic E-state index is 14.9. The van der Waals surface area contributed by atoms with Gasteiger partial charge in [-0.05, 0) is 68.8 Å². The van der Waals surface area contributed by atoms with Crippen LogP contribution in [0.5, 0.6) is 0 Å². The molecule has 1 aliphatic rings. The van der Waals surface area contributed by atoms with Gasteiger partial charge in [0.05, 0.1) is 116 Å². The average molecular weight is 1060 g/mol. The lowest BCUT2D eigenvalue weighted by Crippen LogP contribution is -2.35. The number of carbonyl (C=O) groups excluding carboxylic acids is 3. The first-order valence-electron chi connectivity index (χ1n) is 24.6. The van der Waals surface area contributed by atoms with Crippen LogP contribution in [0.25, 0.3) is 16.3 Å². The number of halogens is 2. The largest absolute Gasteiger partial charge is 0.377 e. The zero-order chi connectivity index (χ0) is 52.4. The SMILES string of the molecule is Cc1sc2c(c1C)C(c1ccccc1)N(C)[C@@H](CC(=O)NCCOCCOCCOCCOCCOCCOCCn1cc(C(=O)N[C@@H](CC(N)=O)c3cccc(Cl)c3)c(-c3ccccc3F)n1)c1nnc(C)n1-2. The number of nitrogens with zero attached hydrogens (tertiary/aromatic N) is 6. The molecular weight excluding hydrogens is 993 g/mol. The van der Waals surface area contributed by atoms with Gasteiger partial charge in [0.15, 0.2) is 5.82 Å². The quantitative estimate of drug-likeness (QED) is 0.0405. The number of ether oxygens (including phenoxy) is 6. The van der Waals surface area contributed by atoms with Crippen molar-refractivity contribution in [2.45, 2.75) is 58.3 Å². The van der Waals surface area contributed by atoms with Crippen molar-refractivity contribution in [3.8, 4) is 16.3 Å². The molecule has 0 bridgehead atoms. The van der Waals surface area contributed by atoms with E-state index in [1.54, 1.807) is 53.8 Å². The summed E-state index contributed by atoms with van der Waals surface area (Å²) in [4.78, 5) is 42.4. The van der Waals surface area contributed by atoms with Crippen molar-refractivity contribution < 1.29 is 47.2 Å². The van der Waals surface area contributed by atoms with E-state index < -0.39 is 23.7 Å². The number of benzene rings is 3. The lowest BCUT2D eigenvalue weighted by molar-refractivity contribution is -0.123. The van der Waals surface area contributed by atoms with Crippen LogP contribution in [0, 0.1) is 26.6 Å². The summed E-state index contributed by atoms with van der Waals surface area (Å²) < 4.78 is 52.4. The van der Waals surface area contributed by atoms with E-state index >= 15 is 0 Å². The molecule has 3 amide bonds. The molecule has 0 saturated heterocycles. The van der Waals surface area contributed by atoms with Gasteiger partial charge in [-0.15, -0.1) is 21.5 Å². The number of hydrogen-bond acceptors (Lipinski definition) is 14. The third-order valence-corrected chi connectivity index (χ3v) is 13.9. The van der Waals surface area contributed by atoms with Gasteiger partial charge in [0, 0.05) is 40.2 Å². The molecule has 4 heterocycles. The normalized spacial score (nSPS) is 14.8. The highest BCUT2D eigenvalue weighted by Crippen LogP contribution is 2.47. The fourth-order valence-corrected chi connectivity index (χ4v) is 10.1. The Morgan fingerprint density at radius 1 is 0.797 bits per heavy atom. The second-order valence-corrected chi connectivity index (χ2v) is 19.2. The molecule has 18 nitrogen and oxygen atoms in total. The fraction of sp³-hybridized carbons (Fsp3) is 0.434. The lowest BCUT2D eigenvalue weighted by atomic mass is 9.94. The summed E-state index contributed by atoms with van der Waals surface area (Å²) in [6.45, 7) is 11.3. The summed E-state index contributed by atoms with van der Waals surface area (Å²) in [5.74, 6) is -0.264. The van der Waals surface area contributed by atoms with Crippen molar-refractivity contribution in [1.29, 1.82) is 0 Å². The number of aryl methyl sites for hydroxylation is 2. The van der Waals surface area contributed by atoms with Gasteiger partial charge in [-0.25, -0.2) is 4.39 Å². The number of primary amides is 1. The Hall–Kier alpha value is -5.94. The molecule has 4 N–H and O–H groups in total. The number of aromatic nitrogens is 5. The molecule has 1 unspecified atom stereocenters. The van der Waals surface area contributed by atoms with Crippen molar-refractivity contribution in [3.63, 3.8) is 0 Å². The molecular formula is C53H65ClFN9O9S. The number of amides is 3. The second-order valence-electron chi connectivity index (χ2n) is 17.6. The van der Waals surface area contributed by atoms with Gasteiger partial charge in [-0.2, -0.15) is 5.10 Å². The van der Waals surface area contributed by atoms with Crippen LogP contribution >= 0.6 is 22.9 Å². The van der Waals surface area contributed by atoms with Crippen LogP contribution in [0.2, 0.25) is 5.02 Å². The van der Waals surface area contributed by atoms with E-state index in [9.17, 15) is 18.8 Å². The van der Waals surface area contributed by atoms with Gasteiger partial charge < -0.3 is 44.8 Å². The summed E-state index contributed by atoms with van der Waals surface area (Å²) in [7, 11) is 2.06. The van der Waals surface area contributed by atoms with Crippen LogP contribution in [0.4, 0.5) is 4.39 Å². The summed E-state index contributed by atoms with van der Waals surface area (Å²) in [5.41, 5.74) is 10.1. The molecule has 3 aromatic carbocycles. The highest BCUT2D eigenvalue weighted by Gasteiger charge is 2.39. The van der Waals surface area contributed by atoms with Crippen LogP contribution in [0.15, 0.2) is 85.1 Å². The van der Waals surface area contributed by atoms with Crippen molar-refractivity contribution in [2.24, 2.45) is 5.73 Å².